The smallest absolute Gasteiger partial charge is 0.200 e. The average molecular weight is 438 g/mol. The Hall–Kier alpha value is -3.85. The molecule has 0 aliphatic heterocycles. The molecule has 0 spiro atoms. The molecule has 0 amide bonds. The Morgan fingerprint density at radius 1 is 0.688 bits per heavy atom. The van der Waals surface area contributed by atoms with E-state index in [0.717, 1.165) is 21.9 Å². The molecule has 0 fully saturated rings. The molecule has 32 heavy (non-hydrogen) atoms. The Kier molecular flexibility index (Phi) is 5.83. The first-order valence-corrected chi connectivity index (χ1v) is 9.64. The van der Waals surface area contributed by atoms with Gasteiger partial charge in [-0.15, -0.1) is 0 Å². The van der Waals surface area contributed by atoms with Crippen LogP contribution in [0.1, 0.15) is 22.3 Å². The van der Waals surface area contributed by atoms with Gasteiger partial charge in [-0.2, -0.15) is 0 Å². The minimum absolute atomic E-state index is 0.159. The standard InChI is InChI=1S/C26H15F5O/c27-22-20(23(28)25(30)26(31)24(22)29)8-4-7-16-9-10-17-14-21(32)19(13-18(17)11-16)12-15-5-2-1-3-6-15/h1-3,5-6,9-11,13-14,32H,8,12H2. The van der Waals surface area contributed by atoms with Crippen LogP contribution in [0.5, 0.6) is 5.75 Å². The maximum atomic E-state index is 13.8. The van der Waals surface area contributed by atoms with E-state index in [2.05, 4.69) is 11.8 Å². The summed E-state index contributed by atoms with van der Waals surface area (Å²) in [5, 5.41) is 11.9. The van der Waals surface area contributed by atoms with Crippen LogP contribution in [-0.4, -0.2) is 5.11 Å². The SMILES string of the molecule is Oc1cc2ccc(C#CCc3c(F)c(F)c(F)c(F)c3F)cc2cc1Cc1ccccc1. The highest BCUT2D eigenvalue weighted by Gasteiger charge is 2.24. The minimum atomic E-state index is -2.19. The molecule has 4 rings (SSSR count). The van der Waals surface area contributed by atoms with Gasteiger partial charge in [0.1, 0.15) is 5.75 Å². The zero-order valence-corrected chi connectivity index (χ0v) is 16.5. The zero-order valence-electron chi connectivity index (χ0n) is 16.5. The van der Waals surface area contributed by atoms with Crippen LogP contribution in [0.25, 0.3) is 10.8 Å². The zero-order chi connectivity index (χ0) is 22.8. The summed E-state index contributed by atoms with van der Waals surface area (Å²) >= 11 is 0. The van der Waals surface area contributed by atoms with Gasteiger partial charge < -0.3 is 5.11 Å². The number of phenolic OH excluding ortho intramolecular Hbond substituents is 1. The van der Waals surface area contributed by atoms with Crippen LogP contribution in [-0.2, 0) is 12.8 Å². The second kappa shape index (κ2) is 8.72. The largest absolute Gasteiger partial charge is 0.508 e. The summed E-state index contributed by atoms with van der Waals surface area (Å²) in [5.41, 5.74) is 1.28. The predicted octanol–water partition coefficient (Wildman–Crippen LogP) is 6.43. The van der Waals surface area contributed by atoms with E-state index in [-0.39, 0.29) is 5.75 Å². The van der Waals surface area contributed by atoms with Gasteiger partial charge in [-0.1, -0.05) is 48.2 Å². The van der Waals surface area contributed by atoms with Crippen LogP contribution in [0.4, 0.5) is 22.0 Å². The highest BCUT2D eigenvalue weighted by molar-refractivity contribution is 5.86. The lowest BCUT2D eigenvalue weighted by Gasteiger charge is -2.08. The Balaban J connectivity index is 1.63. The van der Waals surface area contributed by atoms with E-state index in [1.807, 2.05) is 36.4 Å². The number of hydrogen-bond donors (Lipinski definition) is 1. The van der Waals surface area contributed by atoms with E-state index in [4.69, 9.17) is 0 Å². The van der Waals surface area contributed by atoms with E-state index in [1.54, 1.807) is 24.3 Å². The second-order valence-electron chi connectivity index (χ2n) is 7.23. The third-order valence-corrected chi connectivity index (χ3v) is 5.07. The number of rotatable bonds is 3. The molecule has 0 saturated carbocycles. The number of aromatic hydroxyl groups is 1. The quantitative estimate of drug-likeness (QED) is 0.169. The molecular weight excluding hydrogens is 423 g/mol. The Morgan fingerprint density at radius 3 is 2.03 bits per heavy atom. The van der Waals surface area contributed by atoms with Crippen molar-refractivity contribution in [3.63, 3.8) is 0 Å². The van der Waals surface area contributed by atoms with Crippen LogP contribution < -0.4 is 0 Å². The lowest BCUT2D eigenvalue weighted by molar-refractivity contribution is 0.372. The lowest BCUT2D eigenvalue weighted by Crippen LogP contribution is -2.06. The third kappa shape index (κ3) is 4.15. The summed E-state index contributed by atoms with van der Waals surface area (Å²) in [6, 6.07) is 18.2. The van der Waals surface area contributed by atoms with Crippen LogP contribution in [0.2, 0.25) is 0 Å². The van der Waals surface area contributed by atoms with Gasteiger partial charge >= 0.3 is 0 Å². The van der Waals surface area contributed by atoms with Gasteiger partial charge in [-0.25, -0.2) is 22.0 Å². The molecule has 0 aromatic heterocycles. The predicted molar refractivity (Wildman–Crippen MR) is 112 cm³/mol. The molecular formula is C26H15F5O. The molecule has 160 valence electrons. The number of fused-ring (bicyclic) bond motifs is 1. The van der Waals surface area contributed by atoms with E-state index in [0.29, 0.717) is 12.0 Å². The summed E-state index contributed by atoms with van der Waals surface area (Å²) in [6.07, 6.45) is -0.114. The molecule has 0 radical (unpaired) electrons. The fraction of sp³-hybridized carbons (Fsp3) is 0.0769. The Bertz CT molecular complexity index is 1360. The van der Waals surface area contributed by atoms with Gasteiger partial charge in [-0.05, 0) is 46.2 Å². The molecule has 0 heterocycles. The topological polar surface area (TPSA) is 20.2 Å². The van der Waals surface area contributed by atoms with Gasteiger partial charge in [0.2, 0.25) is 5.82 Å². The molecule has 0 aliphatic rings. The summed E-state index contributed by atoms with van der Waals surface area (Å²) in [7, 11) is 0. The maximum absolute atomic E-state index is 13.8. The van der Waals surface area contributed by atoms with Crippen molar-refractivity contribution in [1.29, 1.82) is 0 Å². The van der Waals surface area contributed by atoms with Crippen LogP contribution in [0.3, 0.4) is 0 Å². The van der Waals surface area contributed by atoms with Crippen LogP contribution >= 0.6 is 0 Å². The Morgan fingerprint density at radius 2 is 1.34 bits per heavy atom. The molecule has 1 nitrogen and oxygen atoms in total. The fourth-order valence-corrected chi connectivity index (χ4v) is 3.41. The van der Waals surface area contributed by atoms with E-state index < -0.39 is 41.1 Å². The summed E-state index contributed by atoms with van der Waals surface area (Å²) in [5.74, 6) is -4.61. The highest BCUT2D eigenvalue weighted by atomic mass is 19.2. The summed E-state index contributed by atoms with van der Waals surface area (Å²) in [4.78, 5) is 0. The molecule has 1 N–H and O–H groups in total. The fourth-order valence-electron chi connectivity index (χ4n) is 3.41. The molecule has 0 atom stereocenters. The maximum Gasteiger partial charge on any atom is 0.200 e. The lowest BCUT2D eigenvalue weighted by atomic mass is 9.99. The third-order valence-electron chi connectivity index (χ3n) is 5.07. The first-order chi connectivity index (χ1) is 15.3. The normalized spacial score (nSPS) is 10.8. The van der Waals surface area contributed by atoms with Gasteiger partial charge in [0.15, 0.2) is 23.3 Å². The van der Waals surface area contributed by atoms with Crippen molar-refractivity contribution in [2.24, 2.45) is 0 Å². The minimum Gasteiger partial charge on any atom is -0.508 e. The van der Waals surface area contributed by atoms with Crippen molar-refractivity contribution in [3.8, 4) is 17.6 Å². The average Bonchev–Trinajstić information content (AvgIpc) is 2.80. The second-order valence-corrected chi connectivity index (χ2v) is 7.23. The number of hydrogen-bond acceptors (Lipinski definition) is 1. The van der Waals surface area contributed by atoms with Crippen molar-refractivity contribution < 1.29 is 27.1 Å². The molecule has 4 aromatic rings. The molecule has 4 aromatic carbocycles. The van der Waals surface area contributed by atoms with Gasteiger partial charge in [0.25, 0.3) is 0 Å². The van der Waals surface area contributed by atoms with Crippen LogP contribution in [0.15, 0.2) is 60.7 Å². The van der Waals surface area contributed by atoms with Crippen molar-refractivity contribution >= 4 is 10.8 Å². The van der Waals surface area contributed by atoms with Crippen molar-refractivity contribution in [3.05, 3.63) is 112 Å². The van der Waals surface area contributed by atoms with Gasteiger partial charge in [-0.3, -0.25) is 0 Å². The molecule has 6 heteroatoms. The molecule has 0 bridgehead atoms. The van der Waals surface area contributed by atoms with E-state index in [9.17, 15) is 27.1 Å². The highest BCUT2D eigenvalue weighted by Crippen LogP contribution is 2.28. The van der Waals surface area contributed by atoms with Crippen molar-refractivity contribution in [2.75, 3.05) is 0 Å². The Labute approximate surface area is 180 Å². The van der Waals surface area contributed by atoms with Crippen molar-refractivity contribution in [1.82, 2.24) is 0 Å². The van der Waals surface area contributed by atoms with E-state index in [1.165, 1.54) is 0 Å². The van der Waals surface area contributed by atoms with Gasteiger partial charge in [0, 0.05) is 24.0 Å². The van der Waals surface area contributed by atoms with Crippen molar-refractivity contribution in [2.45, 2.75) is 12.8 Å². The number of halogens is 5. The van der Waals surface area contributed by atoms with Gasteiger partial charge in [0.05, 0.1) is 0 Å². The molecule has 0 aliphatic carbocycles. The number of benzene rings is 4. The summed E-state index contributed by atoms with van der Waals surface area (Å²) < 4.78 is 67.4. The van der Waals surface area contributed by atoms with Crippen LogP contribution in [0, 0.1) is 40.9 Å². The monoisotopic (exact) mass is 438 g/mol. The first kappa shape index (κ1) is 21.4. The summed E-state index contributed by atoms with van der Waals surface area (Å²) in [6.45, 7) is 0. The van der Waals surface area contributed by atoms with E-state index >= 15 is 0 Å². The number of phenols is 1. The first-order valence-electron chi connectivity index (χ1n) is 9.64. The molecule has 0 unspecified atom stereocenters. The molecule has 0 saturated heterocycles.